The predicted molar refractivity (Wildman–Crippen MR) is 274 cm³/mol. The summed E-state index contributed by atoms with van der Waals surface area (Å²) in [5.74, 6) is 1.68. The Hall–Kier alpha value is -5.75. The van der Waals surface area contributed by atoms with E-state index < -0.39 is 14.9 Å². The van der Waals surface area contributed by atoms with E-state index in [0.717, 1.165) is 33.7 Å². The first-order chi connectivity index (χ1) is 31.7. The molecule has 1 radical (unpaired) electrons. The quantitative estimate of drug-likeness (QED) is 0.112. The van der Waals surface area contributed by atoms with Gasteiger partial charge in [0.25, 0.3) is 0 Å². The molecule has 0 amide bonds. The van der Waals surface area contributed by atoms with Gasteiger partial charge < -0.3 is 9.55 Å². The second-order valence-corrected chi connectivity index (χ2v) is 24.0. The monoisotopic (exact) mass is 1050 g/mol. The van der Waals surface area contributed by atoms with Crippen LogP contribution >= 0.6 is 11.3 Å². The van der Waals surface area contributed by atoms with Crippen molar-refractivity contribution in [2.75, 3.05) is 0 Å². The minimum Gasteiger partial charge on any atom is -0.333 e. The van der Waals surface area contributed by atoms with Gasteiger partial charge in [0.2, 0.25) is 0 Å². The average Bonchev–Trinajstić information content (AvgIpc) is 3.90. The Labute approximate surface area is 401 Å². The Bertz CT molecular complexity index is 3230. The Morgan fingerprint density at radius 1 is 0.656 bits per heavy atom. The van der Waals surface area contributed by atoms with Crippen LogP contribution in [0.1, 0.15) is 60.3 Å². The van der Waals surface area contributed by atoms with E-state index in [2.05, 4.69) is 202 Å². The minimum atomic E-state index is -2.08. The van der Waals surface area contributed by atoms with E-state index in [1.54, 1.807) is 12.1 Å². The number of para-hydroxylation sites is 3. The second-order valence-electron chi connectivity index (χ2n) is 17.9. The third kappa shape index (κ3) is 8.98. The molecule has 0 N–H and O–H groups in total. The van der Waals surface area contributed by atoms with Gasteiger partial charge in [0.1, 0.15) is 0 Å². The minimum absolute atomic E-state index is 0. The zero-order valence-electron chi connectivity index (χ0n) is 40.3. The van der Waals surface area contributed by atoms with Crippen LogP contribution in [0.5, 0.6) is 0 Å². The Balaban J connectivity index is 0.000000244. The van der Waals surface area contributed by atoms with Crippen LogP contribution in [-0.4, -0.2) is 22.6 Å². The van der Waals surface area contributed by atoms with Gasteiger partial charge in [-0.3, -0.25) is 4.98 Å². The molecule has 10 aromatic rings. The van der Waals surface area contributed by atoms with E-state index >= 15 is 0 Å². The van der Waals surface area contributed by atoms with Gasteiger partial charge in [-0.25, -0.2) is 0 Å². The number of aromatic nitrogens is 3. The van der Waals surface area contributed by atoms with E-state index in [0.29, 0.717) is 17.4 Å². The molecule has 0 aliphatic carbocycles. The zero-order chi connectivity index (χ0) is 46.3. The van der Waals surface area contributed by atoms with Gasteiger partial charge in [-0.15, -0.1) is 53.6 Å². The number of hydrogen-bond acceptors (Lipinski definition) is 3. The van der Waals surface area contributed by atoms with Gasteiger partial charge >= 0.3 is 0 Å². The van der Waals surface area contributed by atoms with E-state index in [4.69, 9.17) is 9.10 Å². The van der Waals surface area contributed by atoms with Gasteiger partial charge in [0.05, 0.1) is 24.9 Å². The predicted octanol–water partition coefficient (Wildman–Crippen LogP) is 15.8. The summed E-state index contributed by atoms with van der Waals surface area (Å²) in [6, 6.07) is 61.6. The van der Waals surface area contributed by atoms with E-state index in [1.807, 2.05) is 23.6 Å². The molecular formula is C58H53IrN3SSi-2. The molecule has 3 heterocycles. The van der Waals surface area contributed by atoms with E-state index in [-0.39, 0.29) is 20.1 Å². The molecule has 64 heavy (non-hydrogen) atoms. The molecule has 10 rings (SSSR count). The van der Waals surface area contributed by atoms with Gasteiger partial charge in [0.15, 0.2) is 0 Å². The molecule has 0 unspecified atom stereocenters. The standard InChI is InChI=1S/C43H35N2S.C15H18NSi.Ir/c1-27(2)33-14-10-15-34(28(3)4)41(33)45-39-19-9-8-18-38(39)44-43(45)36-17-11-16-35-37-26-32(24-25-40(37)46-42(35)36)31-22-20-30(21-23-31)29-12-6-5-7-13-29;1-12-5-7-13(8-6-12)15-10-9-14(11-16-15)17(2,3)4;/h5-16,18-28H,1-4H3;5-7,9-11H,1-4H3;/q2*-1;/i;1D3;. The summed E-state index contributed by atoms with van der Waals surface area (Å²) >= 11 is 1.84. The maximum absolute atomic E-state index is 7.35. The molecule has 0 aliphatic heterocycles. The summed E-state index contributed by atoms with van der Waals surface area (Å²) in [6.45, 7) is 13.9. The molecule has 6 heteroatoms. The molecule has 0 saturated carbocycles. The number of imidazole rings is 1. The number of rotatable bonds is 8. The fourth-order valence-electron chi connectivity index (χ4n) is 8.34. The Morgan fingerprint density at radius 2 is 1.33 bits per heavy atom. The van der Waals surface area contributed by atoms with Crippen molar-refractivity contribution in [3.8, 4) is 50.6 Å². The first-order valence-corrected chi connectivity index (χ1v) is 26.1. The van der Waals surface area contributed by atoms with Crippen LogP contribution in [0.3, 0.4) is 0 Å². The average molecular weight is 1050 g/mol. The molecule has 0 saturated heterocycles. The van der Waals surface area contributed by atoms with Gasteiger partial charge in [-0.1, -0.05) is 168 Å². The molecule has 0 aliphatic rings. The van der Waals surface area contributed by atoms with Crippen molar-refractivity contribution in [3.05, 3.63) is 193 Å². The number of nitrogens with zero attached hydrogens (tertiary/aromatic N) is 3. The summed E-state index contributed by atoms with van der Waals surface area (Å²) in [4.78, 5) is 9.79. The van der Waals surface area contributed by atoms with Crippen molar-refractivity contribution in [1.82, 2.24) is 14.5 Å². The molecule has 0 fully saturated rings. The molecule has 3 aromatic heterocycles. The third-order valence-electron chi connectivity index (χ3n) is 11.8. The number of hydrogen-bond donors (Lipinski definition) is 0. The van der Waals surface area contributed by atoms with Crippen molar-refractivity contribution in [2.45, 2.75) is 66.0 Å². The van der Waals surface area contributed by atoms with Crippen molar-refractivity contribution in [3.63, 3.8) is 0 Å². The van der Waals surface area contributed by atoms with Crippen LogP contribution < -0.4 is 5.19 Å². The molecule has 0 atom stereocenters. The fourth-order valence-corrected chi connectivity index (χ4v) is 10.6. The summed E-state index contributed by atoms with van der Waals surface area (Å²) in [7, 11) is -1.34. The molecule has 0 spiro atoms. The number of fused-ring (bicyclic) bond motifs is 4. The zero-order valence-corrected chi connectivity index (χ0v) is 41.5. The number of benzene rings is 7. The number of thiophene rings is 1. The largest absolute Gasteiger partial charge is 0.333 e. The summed E-state index contributed by atoms with van der Waals surface area (Å²) < 4.78 is 26.9. The van der Waals surface area contributed by atoms with Crippen LogP contribution in [0.15, 0.2) is 164 Å². The van der Waals surface area contributed by atoms with Gasteiger partial charge in [-0.05, 0) is 90.4 Å². The molecular weight excluding hydrogens is 991 g/mol. The third-order valence-corrected chi connectivity index (χ3v) is 15.1. The van der Waals surface area contributed by atoms with Crippen molar-refractivity contribution in [1.29, 1.82) is 0 Å². The van der Waals surface area contributed by atoms with Crippen LogP contribution in [0.4, 0.5) is 0 Å². The number of aryl methyl sites for hydroxylation is 1. The van der Waals surface area contributed by atoms with E-state index in [9.17, 15) is 0 Å². The van der Waals surface area contributed by atoms with Crippen LogP contribution in [0.2, 0.25) is 19.6 Å². The van der Waals surface area contributed by atoms with E-state index in [1.165, 1.54) is 70.5 Å². The van der Waals surface area contributed by atoms with Crippen LogP contribution in [0.25, 0.3) is 81.8 Å². The first-order valence-electron chi connectivity index (χ1n) is 23.3. The normalized spacial score (nSPS) is 12.5. The molecule has 0 bridgehead atoms. The maximum Gasteiger partial charge on any atom is 0.0795 e. The van der Waals surface area contributed by atoms with Crippen LogP contribution in [-0.2, 0) is 20.1 Å². The van der Waals surface area contributed by atoms with Crippen molar-refractivity contribution >= 4 is 55.8 Å². The molecule has 321 valence electrons. The molecule has 7 aromatic carbocycles. The van der Waals surface area contributed by atoms with Crippen LogP contribution in [0, 0.1) is 19.0 Å². The van der Waals surface area contributed by atoms with Crippen molar-refractivity contribution < 1.29 is 24.2 Å². The smallest absolute Gasteiger partial charge is 0.0795 e. The topological polar surface area (TPSA) is 30.7 Å². The fraction of sp³-hybridized carbons (Fsp3) is 0.172. The maximum atomic E-state index is 7.35. The Morgan fingerprint density at radius 3 is 1.97 bits per heavy atom. The summed E-state index contributed by atoms with van der Waals surface area (Å²) in [6.07, 6.45) is 1.92. The van der Waals surface area contributed by atoms with Crippen molar-refractivity contribution in [2.24, 2.45) is 0 Å². The second kappa shape index (κ2) is 18.8. The van der Waals surface area contributed by atoms with Gasteiger partial charge in [0, 0.05) is 40.8 Å². The first kappa shape index (κ1) is 41.0. The Kier molecular flexibility index (Phi) is 12.0. The SMILES string of the molecule is CC(C)c1cccc(C(C)C)c1-n1c(-c2[c-]ccc3c2sc2ccc(-c4ccc(-c5ccccc5)cc4)cc23)nc2ccccc21.[2H]C([2H])([2H])c1c[c-]c(-c2ccc([Si](C)(C)C)cn2)cc1.[Ir]. The number of pyridine rings is 1. The molecule has 3 nitrogen and oxygen atoms in total. The summed E-state index contributed by atoms with van der Waals surface area (Å²) in [5, 5.41) is 3.82. The van der Waals surface area contributed by atoms with Gasteiger partial charge in [-0.2, -0.15) is 11.3 Å². The summed E-state index contributed by atoms with van der Waals surface area (Å²) in [5.41, 5.74) is 14.0.